The first-order chi connectivity index (χ1) is 13.8. The molecule has 2 N–H and O–H groups in total. The molecule has 0 fully saturated rings. The first kappa shape index (κ1) is 25.5. The molecule has 0 spiro atoms. The van der Waals surface area contributed by atoms with E-state index in [2.05, 4.69) is 18.7 Å². The smallest absolute Gasteiger partial charge is 0.0994 e. The molecule has 0 amide bonds. The van der Waals surface area contributed by atoms with E-state index in [1.807, 2.05) is 0 Å². The monoisotopic (exact) mass is 393 g/mol. The molecule has 3 nitrogen and oxygen atoms in total. The highest BCUT2D eigenvalue weighted by atomic mass is 15.3. The van der Waals surface area contributed by atoms with E-state index in [0.717, 1.165) is 32.5 Å². The van der Waals surface area contributed by atoms with Crippen LogP contribution in [0.5, 0.6) is 0 Å². The van der Waals surface area contributed by atoms with Crippen LogP contribution >= 0.6 is 0 Å². The molecule has 166 valence electrons. The van der Waals surface area contributed by atoms with Gasteiger partial charge < -0.3 is 10.6 Å². The summed E-state index contributed by atoms with van der Waals surface area (Å²) in [6.45, 7) is 7.36. The van der Waals surface area contributed by atoms with Crippen LogP contribution in [0, 0.1) is 0 Å². The number of rotatable bonds is 20. The highest BCUT2D eigenvalue weighted by molar-refractivity contribution is 5.84. The van der Waals surface area contributed by atoms with Crippen molar-refractivity contribution in [1.29, 1.82) is 0 Å². The number of nitrogens with zero attached hydrogens (tertiary/aromatic N) is 2. The molecular formula is C25H51N3. The highest BCUT2D eigenvalue weighted by Crippen LogP contribution is 2.17. The Morgan fingerprint density at radius 3 is 1.64 bits per heavy atom. The third-order valence-electron chi connectivity index (χ3n) is 6.25. The largest absolute Gasteiger partial charge is 0.357 e. The number of unbranched alkanes of at least 4 members (excludes halogenated alkanes) is 15. The Hall–Kier alpha value is -0.570. The van der Waals surface area contributed by atoms with Crippen LogP contribution < -0.4 is 5.73 Å². The molecule has 0 aromatic carbocycles. The van der Waals surface area contributed by atoms with Crippen molar-refractivity contribution in [3.8, 4) is 0 Å². The van der Waals surface area contributed by atoms with Gasteiger partial charge in [0.15, 0.2) is 0 Å². The fourth-order valence-electron chi connectivity index (χ4n) is 4.34. The van der Waals surface area contributed by atoms with E-state index in [0.29, 0.717) is 6.04 Å². The van der Waals surface area contributed by atoms with Crippen molar-refractivity contribution >= 4 is 5.84 Å². The lowest BCUT2D eigenvalue weighted by Crippen LogP contribution is -2.33. The minimum absolute atomic E-state index is 0.516. The minimum Gasteiger partial charge on any atom is -0.357 e. The summed E-state index contributed by atoms with van der Waals surface area (Å²) in [4.78, 5) is 7.33. The molecule has 28 heavy (non-hydrogen) atoms. The molecule has 0 saturated carbocycles. The van der Waals surface area contributed by atoms with Gasteiger partial charge in [0.2, 0.25) is 0 Å². The topological polar surface area (TPSA) is 41.6 Å². The van der Waals surface area contributed by atoms with Gasteiger partial charge in [-0.3, -0.25) is 4.99 Å². The molecule has 0 aromatic rings. The van der Waals surface area contributed by atoms with Crippen molar-refractivity contribution in [1.82, 2.24) is 4.90 Å². The van der Waals surface area contributed by atoms with Gasteiger partial charge in [-0.2, -0.15) is 0 Å². The summed E-state index contributed by atoms with van der Waals surface area (Å²) in [5.41, 5.74) is 5.75. The predicted octanol–water partition coefficient (Wildman–Crippen LogP) is 7.09. The normalized spacial score (nSPS) is 16.8. The highest BCUT2D eigenvalue weighted by Gasteiger charge is 2.22. The summed E-state index contributed by atoms with van der Waals surface area (Å²) in [7, 11) is 0. The first-order valence-electron chi connectivity index (χ1n) is 12.8. The zero-order valence-corrected chi connectivity index (χ0v) is 19.4. The van der Waals surface area contributed by atoms with Crippen LogP contribution in [-0.4, -0.2) is 36.4 Å². The van der Waals surface area contributed by atoms with Gasteiger partial charge in [-0.1, -0.05) is 110 Å². The van der Waals surface area contributed by atoms with Crippen molar-refractivity contribution < 1.29 is 0 Å². The number of hydrogen-bond donors (Lipinski definition) is 1. The second-order valence-corrected chi connectivity index (χ2v) is 8.90. The van der Waals surface area contributed by atoms with Gasteiger partial charge in [0.1, 0.15) is 0 Å². The average Bonchev–Trinajstić information content (AvgIpc) is 3.10. The lowest BCUT2D eigenvalue weighted by molar-refractivity contribution is 0.420. The van der Waals surface area contributed by atoms with E-state index in [1.54, 1.807) is 0 Å². The number of aliphatic imine (C=N–C) groups is 1. The maximum Gasteiger partial charge on any atom is 0.0994 e. The maximum atomic E-state index is 5.75. The summed E-state index contributed by atoms with van der Waals surface area (Å²) >= 11 is 0. The Morgan fingerprint density at radius 1 is 0.750 bits per heavy atom. The Labute approximate surface area is 176 Å². The molecule has 1 aliphatic rings. The van der Waals surface area contributed by atoms with E-state index >= 15 is 0 Å². The Kier molecular flexibility index (Phi) is 16.8. The molecule has 1 heterocycles. The van der Waals surface area contributed by atoms with Crippen molar-refractivity contribution in [2.24, 2.45) is 10.7 Å². The van der Waals surface area contributed by atoms with Crippen LogP contribution in [0.1, 0.15) is 129 Å². The molecule has 0 saturated heterocycles. The molecule has 0 bridgehead atoms. The number of amidine groups is 1. The molecule has 1 rings (SSSR count). The minimum atomic E-state index is 0.516. The van der Waals surface area contributed by atoms with Crippen LogP contribution in [0.4, 0.5) is 0 Å². The average molecular weight is 394 g/mol. The summed E-state index contributed by atoms with van der Waals surface area (Å²) in [6.07, 6.45) is 25.2. The van der Waals surface area contributed by atoms with Crippen molar-refractivity contribution in [3.05, 3.63) is 0 Å². The molecule has 0 aromatic heterocycles. The second-order valence-electron chi connectivity index (χ2n) is 8.90. The van der Waals surface area contributed by atoms with Gasteiger partial charge in [0.05, 0.1) is 11.9 Å². The number of nitrogens with two attached hydrogens (primary N) is 1. The van der Waals surface area contributed by atoms with E-state index in [9.17, 15) is 0 Å². The zero-order valence-electron chi connectivity index (χ0n) is 19.4. The molecular weight excluding hydrogens is 342 g/mol. The van der Waals surface area contributed by atoms with Crippen LogP contribution in [0.15, 0.2) is 4.99 Å². The summed E-state index contributed by atoms with van der Waals surface area (Å²) < 4.78 is 0. The van der Waals surface area contributed by atoms with Crippen molar-refractivity contribution in [3.63, 3.8) is 0 Å². The SMILES string of the molecule is CCCCCCCCCCCCCCCCCCC1=NC(CC)CN1CCN. The summed E-state index contributed by atoms with van der Waals surface area (Å²) in [5, 5.41) is 0. The quantitative estimate of drug-likeness (QED) is 0.224. The van der Waals surface area contributed by atoms with Crippen LogP contribution in [0.3, 0.4) is 0 Å². The molecule has 1 atom stereocenters. The van der Waals surface area contributed by atoms with Crippen LogP contribution in [0.25, 0.3) is 0 Å². The standard InChI is InChI=1S/C25H51N3/c1-3-5-6-7-8-9-10-11-12-13-14-15-16-17-18-19-20-25-27-24(4-2)23-28(25)22-21-26/h24H,3-23,26H2,1-2H3. The Morgan fingerprint density at radius 2 is 1.21 bits per heavy atom. The lowest BCUT2D eigenvalue weighted by Gasteiger charge is -2.20. The van der Waals surface area contributed by atoms with Crippen LogP contribution in [0.2, 0.25) is 0 Å². The van der Waals surface area contributed by atoms with E-state index in [-0.39, 0.29) is 0 Å². The first-order valence-corrected chi connectivity index (χ1v) is 12.8. The molecule has 0 radical (unpaired) electrons. The van der Waals surface area contributed by atoms with Gasteiger partial charge >= 0.3 is 0 Å². The van der Waals surface area contributed by atoms with E-state index < -0.39 is 0 Å². The summed E-state index contributed by atoms with van der Waals surface area (Å²) in [5.74, 6) is 1.34. The Balaban J connectivity index is 1.84. The number of hydrogen-bond acceptors (Lipinski definition) is 3. The fraction of sp³-hybridized carbons (Fsp3) is 0.960. The second kappa shape index (κ2) is 18.5. The van der Waals surface area contributed by atoms with Crippen molar-refractivity contribution in [2.45, 2.75) is 135 Å². The van der Waals surface area contributed by atoms with Gasteiger partial charge in [-0.05, 0) is 12.8 Å². The van der Waals surface area contributed by atoms with Gasteiger partial charge in [-0.25, -0.2) is 0 Å². The van der Waals surface area contributed by atoms with Gasteiger partial charge in [0, 0.05) is 26.1 Å². The van der Waals surface area contributed by atoms with E-state index in [1.165, 1.54) is 109 Å². The molecule has 0 aliphatic carbocycles. The van der Waals surface area contributed by atoms with Crippen molar-refractivity contribution in [2.75, 3.05) is 19.6 Å². The van der Waals surface area contributed by atoms with Crippen LogP contribution in [-0.2, 0) is 0 Å². The fourth-order valence-corrected chi connectivity index (χ4v) is 4.34. The molecule has 1 aliphatic heterocycles. The lowest BCUT2D eigenvalue weighted by atomic mass is 10.0. The van der Waals surface area contributed by atoms with E-state index in [4.69, 9.17) is 10.7 Å². The predicted molar refractivity (Wildman–Crippen MR) is 126 cm³/mol. The molecule has 3 heteroatoms. The maximum absolute atomic E-state index is 5.75. The van der Waals surface area contributed by atoms with Gasteiger partial charge in [-0.15, -0.1) is 0 Å². The third-order valence-corrected chi connectivity index (χ3v) is 6.25. The van der Waals surface area contributed by atoms with Gasteiger partial charge in [0.25, 0.3) is 0 Å². The third kappa shape index (κ3) is 12.8. The Bertz CT molecular complexity index is 367. The zero-order chi connectivity index (χ0) is 20.3. The summed E-state index contributed by atoms with van der Waals surface area (Å²) in [6, 6.07) is 0.516. The molecule has 1 unspecified atom stereocenters.